The summed E-state index contributed by atoms with van der Waals surface area (Å²) in [6.45, 7) is 3.44. The Kier molecular flexibility index (Phi) is 14.6. The summed E-state index contributed by atoms with van der Waals surface area (Å²) in [4.78, 5) is 0. The zero-order valence-electron chi connectivity index (χ0n) is 3.84. The summed E-state index contributed by atoms with van der Waals surface area (Å²) in [7, 11) is 0. The molecule has 0 fully saturated rings. The van der Waals surface area contributed by atoms with Crippen molar-refractivity contribution in [2.75, 3.05) is 0 Å². The zero-order valence-corrected chi connectivity index (χ0v) is 6.77. The second-order valence-electron chi connectivity index (χ2n) is 1.09. The number of rotatable bonds is 0. The molecule has 0 aliphatic rings. The van der Waals surface area contributed by atoms with Crippen molar-refractivity contribution in [2.24, 2.45) is 0 Å². The summed E-state index contributed by atoms with van der Waals surface area (Å²) < 4.78 is 8.33. The third-order valence-corrected chi connectivity index (χ3v) is 0. The van der Waals surface area contributed by atoms with E-state index in [1.807, 2.05) is 0 Å². The molecule has 0 rings (SSSR count). The maximum absolute atomic E-state index is 8.33. The number of hydrogen-bond donors (Lipinski definition) is 1. The van der Waals surface area contributed by atoms with Gasteiger partial charge in [0.05, 0.1) is 0 Å². The first kappa shape index (κ1) is 9.67. The van der Waals surface area contributed by atoms with E-state index in [0.29, 0.717) is 19.8 Å². The third kappa shape index (κ3) is 263. The number of aliphatic hydroxyl groups is 1. The second-order valence-corrected chi connectivity index (χ2v) is 1.09. The molecule has 0 saturated heterocycles. The Bertz CT molecular complexity index is 20.0. The number of aliphatic hydroxyl groups excluding tert-OH is 1. The van der Waals surface area contributed by atoms with Crippen LogP contribution in [0.2, 0.25) is 0 Å². The van der Waals surface area contributed by atoms with Crippen molar-refractivity contribution in [3.63, 3.8) is 0 Å². The van der Waals surface area contributed by atoms with E-state index in [9.17, 15) is 0 Å². The summed E-state index contributed by atoms with van der Waals surface area (Å²) in [5, 5.41) is 8.06. The van der Waals surface area contributed by atoms with Crippen molar-refractivity contribution in [3.8, 4) is 0 Å². The molecule has 0 aromatic carbocycles. The van der Waals surface area contributed by atoms with Crippen LogP contribution in [0.4, 0.5) is 0 Å². The first-order chi connectivity index (χ1) is 2.73. The summed E-state index contributed by atoms with van der Waals surface area (Å²) in [5.41, 5.74) is 0. The molecular weight excluding hydrogens is 252 g/mol. The van der Waals surface area contributed by atoms with E-state index in [0.717, 1.165) is 0 Å². The molecule has 0 amide bonds. The molecule has 0 heterocycles. The summed E-state index contributed by atoms with van der Waals surface area (Å²) >= 11 is 0.333. The molecule has 3 heteroatoms. The molecule has 0 atom stereocenters. The normalized spacial score (nSPS) is 6.67. The molecule has 0 aliphatic carbocycles. The Balaban J connectivity index is 0. The molecule has 0 radical (unpaired) electrons. The third-order valence-electron chi connectivity index (χ3n) is 0. The summed E-state index contributed by atoms with van der Waals surface area (Å²) in [5.74, 6) is 0. The molecule has 0 aliphatic heterocycles. The molecule has 1 N–H and O–H groups in total. The van der Waals surface area contributed by atoms with Crippen molar-refractivity contribution in [1.82, 2.24) is 0 Å². The van der Waals surface area contributed by atoms with E-state index in [1.54, 1.807) is 13.8 Å². The van der Waals surface area contributed by atoms with Crippen LogP contribution >= 0.6 is 0 Å². The Morgan fingerprint density at radius 3 is 1.50 bits per heavy atom. The fraction of sp³-hybridized carbons (Fsp3) is 1.00. The van der Waals surface area contributed by atoms with Gasteiger partial charge in [0, 0.05) is 6.10 Å². The van der Waals surface area contributed by atoms with Gasteiger partial charge in [-0.1, -0.05) is 0 Å². The first-order valence-corrected chi connectivity index (χ1v) is 2.78. The van der Waals surface area contributed by atoms with Crippen molar-refractivity contribution in [1.29, 1.82) is 0 Å². The van der Waals surface area contributed by atoms with Gasteiger partial charge in [-0.05, 0) is 13.8 Å². The van der Waals surface area contributed by atoms with Gasteiger partial charge in [0.25, 0.3) is 0 Å². The number of hydrogen-bond acceptors (Lipinski definition) is 2. The van der Waals surface area contributed by atoms with Gasteiger partial charge in [-0.25, -0.2) is 0 Å². The Hall–Kier alpha value is 0.448. The van der Waals surface area contributed by atoms with Crippen LogP contribution in [-0.2, 0) is 23.2 Å². The minimum atomic E-state index is -0.167. The van der Waals surface area contributed by atoms with E-state index in [-0.39, 0.29) is 6.10 Å². The van der Waals surface area contributed by atoms with Gasteiger partial charge < -0.3 is 5.11 Å². The Morgan fingerprint density at radius 1 is 1.50 bits per heavy atom. The van der Waals surface area contributed by atoms with E-state index in [4.69, 9.17) is 8.50 Å². The maximum atomic E-state index is 8.33. The SMILES string of the molecule is CC(C)O.[O]=[W]. The fourth-order valence-corrected chi connectivity index (χ4v) is 0. The van der Waals surface area contributed by atoms with Gasteiger partial charge in [-0.15, -0.1) is 0 Å². The van der Waals surface area contributed by atoms with E-state index < -0.39 is 0 Å². The predicted molar refractivity (Wildman–Crippen MR) is 18.0 cm³/mol. The van der Waals surface area contributed by atoms with Crippen LogP contribution in [0.1, 0.15) is 13.8 Å². The van der Waals surface area contributed by atoms with E-state index in [2.05, 4.69) is 0 Å². The van der Waals surface area contributed by atoms with Crippen LogP contribution in [0.5, 0.6) is 0 Å². The molecule has 0 spiro atoms. The van der Waals surface area contributed by atoms with Gasteiger partial charge in [-0.3, -0.25) is 0 Å². The average molecular weight is 260 g/mol. The molecule has 0 bridgehead atoms. The molecule has 0 unspecified atom stereocenters. The van der Waals surface area contributed by atoms with Gasteiger partial charge in [-0.2, -0.15) is 0 Å². The summed E-state index contributed by atoms with van der Waals surface area (Å²) in [6.07, 6.45) is -0.167. The molecule has 2 nitrogen and oxygen atoms in total. The Labute approximate surface area is 48.8 Å². The van der Waals surface area contributed by atoms with Crippen LogP contribution in [-0.4, -0.2) is 11.2 Å². The Morgan fingerprint density at radius 2 is 1.50 bits per heavy atom. The predicted octanol–water partition coefficient (Wildman–Crippen LogP) is 0.266. The van der Waals surface area contributed by atoms with Gasteiger partial charge in [0.15, 0.2) is 0 Å². The second kappa shape index (κ2) is 9.07. The van der Waals surface area contributed by atoms with Crippen LogP contribution in [0, 0.1) is 0 Å². The van der Waals surface area contributed by atoms with Crippen LogP contribution in [0.3, 0.4) is 0 Å². The molecule has 0 aromatic heterocycles. The first-order valence-electron chi connectivity index (χ1n) is 1.58. The zero-order chi connectivity index (χ0) is 5.58. The van der Waals surface area contributed by atoms with Crippen molar-refractivity contribution in [2.45, 2.75) is 20.0 Å². The average Bonchev–Trinajstić information content (AvgIpc) is 1.41. The molecule has 0 aromatic rings. The van der Waals surface area contributed by atoms with Crippen LogP contribution in [0.25, 0.3) is 0 Å². The van der Waals surface area contributed by atoms with Gasteiger partial charge >= 0.3 is 23.2 Å². The standard InChI is InChI=1S/C3H8O.O.W/c1-3(2)4;;/h3-4H,1-2H3;;. The van der Waals surface area contributed by atoms with E-state index >= 15 is 0 Å². The monoisotopic (exact) mass is 260 g/mol. The molecule has 6 heavy (non-hydrogen) atoms. The van der Waals surface area contributed by atoms with Crippen molar-refractivity contribution in [3.05, 3.63) is 0 Å². The quantitative estimate of drug-likeness (QED) is 0.678. The van der Waals surface area contributed by atoms with Gasteiger partial charge in [0.2, 0.25) is 0 Å². The minimum absolute atomic E-state index is 0.167. The van der Waals surface area contributed by atoms with Gasteiger partial charge in [0.1, 0.15) is 0 Å². The van der Waals surface area contributed by atoms with Crippen molar-refractivity contribution < 1.29 is 28.3 Å². The summed E-state index contributed by atoms with van der Waals surface area (Å²) in [6, 6.07) is 0. The fourth-order valence-electron chi connectivity index (χ4n) is 0. The van der Waals surface area contributed by atoms with Crippen LogP contribution < -0.4 is 0 Å². The van der Waals surface area contributed by atoms with Crippen molar-refractivity contribution >= 4 is 0 Å². The van der Waals surface area contributed by atoms with E-state index in [1.165, 1.54) is 0 Å². The molecular formula is C3H8O2W. The van der Waals surface area contributed by atoms with Crippen LogP contribution in [0.15, 0.2) is 0 Å². The molecule has 38 valence electrons. The molecule has 0 saturated carbocycles. The topological polar surface area (TPSA) is 37.3 Å².